The molecule has 0 radical (unpaired) electrons. The summed E-state index contributed by atoms with van der Waals surface area (Å²) in [6.45, 7) is 8.16. The van der Waals surface area contributed by atoms with E-state index < -0.39 is 43.2 Å². The molecule has 19 heteroatoms. The molecule has 0 spiro atoms. The highest BCUT2D eigenvalue weighted by atomic mass is 32.2. The number of hydrogen-bond donors (Lipinski definition) is 5. The summed E-state index contributed by atoms with van der Waals surface area (Å²) in [5, 5.41) is 8.99. The molecule has 1 aromatic heterocycles. The Labute approximate surface area is 354 Å². The highest BCUT2D eigenvalue weighted by molar-refractivity contribution is 8.00. The highest BCUT2D eigenvalue weighted by Crippen LogP contribution is 2.40. The van der Waals surface area contributed by atoms with Crippen molar-refractivity contribution in [1.29, 1.82) is 0 Å². The molecule has 4 heterocycles. The Morgan fingerprint density at radius 2 is 1.73 bits per heavy atom. The number of amides is 5. The third kappa shape index (κ3) is 13.0. The summed E-state index contributed by atoms with van der Waals surface area (Å²) < 4.78 is 28.9. The van der Waals surface area contributed by atoms with Crippen LogP contribution in [-0.4, -0.2) is 112 Å². The fraction of sp³-hybridized carbons (Fsp3) is 0.610. The van der Waals surface area contributed by atoms with Gasteiger partial charge in [0.05, 0.1) is 30.4 Å². The average molecular weight is 875 g/mol. The third-order valence-electron chi connectivity index (χ3n) is 10.9. The quantitative estimate of drug-likeness (QED) is 0.0550. The highest BCUT2D eigenvalue weighted by Gasteiger charge is 2.50. The fourth-order valence-corrected chi connectivity index (χ4v) is 9.54. The van der Waals surface area contributed by atoms with Crippen LogP contribution in [0.3, 0.4) is 0 Å². The number of aromatic nitrogens is 2. The SMILES string of the molecule is CO[C@@H]1C[C@H](n2cc(/C=C/C(=O)NCCCCCCNC(=O)CCCCC3SCC4C3NC(=O)N4C(=O)c3ccc(C(C)(C)C)cc3)c(=O)[nH]c2=O)O[C@@H]1COP(C)(=O)O. The van der Waals surface area contributed by atoms with Gasteiger partial charge in [0.1, 0.15) is 12.3 Å². The number of nitrogens with one attached hydrogen (secondary N) is 4. The van der Waals surface area contributed by atoms with Crippen LogP contribution in [0, 0.1) is 0 Å². The monoisotopic (exact) mass is 874 g/mol. The number of fused-ring (bicyclic) bond motifs is 1. The molecule has 3 aliphatic heterocycles. The van der Waals surface area contributed by atoms with Crippen molar-refractivity contribution >= 4 is 49.2 Å². The first-order valence-corrected chi connectivity index (χ1v) is 23.6. The van der Waals surface area contributed by atoms with Crippen LogP contribution in [0.2, 0.25) is 0 Å². The summed E-state index contributed by atoms with van der Waals surface area (Å²) in [4.78, 5) is 89.1. The largest absolute Gasteiger partial charge is 0.378 e. The minimum Gasteiger partial charge on any atom is -0.378 e. The molecule has 3 saturated heterocycles. The first-order valence-electron chi connectivity index (χ1n) is 20.5. The Morgan fingerprint density at radius 1 is 1.03 bits per heavy atom. The zero-order valence-electron chi connectivity index (χ0n) is 35.0. The predicted octanol–water partition coefficient (Wildman–Crippen LogP) is 4.05. The number of urea groups is 1. The lowest BCUT2D eigenvalue weighted by Crippen LogP contribution is -2.41. The van der Waals surface area contributed by atoms with Crippen LogP contribution in [0.4, 0.5) is 4.79 Å². The number of carbonyl (C=O) groups is 4. The molecular weight excluding hydrogens is 816 g/mol. The smallest absolute Gasteiger partial charge is 0.330 e. The second-order valence-corrected chi connectivity index (χ2v) is 19.7. The van der Waals surface area contributed by atoms with Gasteiger partial charge in [0, 0.05) is 68.5 Å². The molecule has 0 bridgehead atoms. The van der Waals surface area contributed by atoms with E-state index in [0.717, 1.165) is 57.2 Å². The Morgan fingerprint density at radius 3 is 2.40 bits per heavy atom. The van der Waals surface area contributed by atoms with Gasteiger partial charge in [-0.15, -0.1) is 0 Å². The normalized spacial score (nSPS) is 23.7. The van der Waals surface area contributed by atoms with Gasteiger partial charge in [-0.3, -0.25) is 38.2 Å². The van der Waals surface area contributed by atoms with E-state index in [1.807, 2.05) is 12.1 Å². The van der Waals surface area contributed by atoms with E-state index >= 15 is 0 Å². The molecule has 5 N–H and O–H groups in total. The summed E-state index contributed by atoms with van der Waals surface area (Å²) in [7, 11) is -2.31. The number of unbranched alkanes of at least 4 members (excludes halogenated alkanes) is 4. The average Bonchev–Trinajstić information content (AvgIpc) is 3.88. The van der Waals surface area contributed by atoms with Crippen molar-refractivity contribution in [2.45, 2.75) is 120 Å². The Hall–Kier alpha value is -4.06. The number of aromatic amines is 1. The summed E-state index contributed by atoms with van der Waals surface area (Å²) in [6.07, 6.45) is 8.03. The van der Waals surface area contributed by atoms with Gasteiger partial charge >= 0.3 is 19.3 Å². The Kier molecular flexibility index (Phi) is 16.6. The molecule has 3 fully saturated rings. The number of ether oxygens (including phenoxy) is 2. The zero-order chi connectivity index (χ0) is 43.6. The lowest BCUT2D eigenvalue weighted by molar-refractivity contribution is -0.121. The van der Waals surface area contributed by atoms with Gasteiger partial charge in [0.15, 0.2) is 0 Å². The van der Waals surface area contributed by atoms with Crippen molar-refractivity contribution in [2.75, 3.05) is 39.2 Å². The van der Waals surface area contributed by atoms with Crippen LogP contribution in [0.5, 0.6) is 0 Å². The maximum Gasteiger partial charge on any atom is 0.330 e. The van der Waals surface area contributed by atoms with Crippen molar-refractivity contribution in [1.82, 2.24) is 30.4 Å². The van der Waals surface area contributed by atoms with Gasteiger partial charge in [-0.05, 0) is 54.9 Å². The lowest BCUT2D eigenvalue weighted by atomic mass is 9.86. The maximum atomic E-state index is 13.3. The molecule has 0 aliphatic carbocycles. The van der Waals surface area contributed by atoms with Gasteiger partial charge < -0.3 is 34.8 Å². The molecule has 5 amide bonds. The van der Waals surface area contributed by atoms with Crippen molar-refractivity contribution < 1.29 is 42.6 Å². The first-order chi connectivity index (χ1) is 28.4. The Bertz CT molecular complexity index is 2030. The van der Waals surface area contributed by atoms with Crippen LogP contribution < -0.4 is 27.2 Å². The number of imide groups is 1. The summed E-state index contributed by atoms with van der Waals surface area (Å²) in [5.74, 6) is 0.0193. The standard InChI is InChI=1S/C41H59N6O11PS/c1-41(2,3)28-17-14-26(15-18-28)38(51)47-29-25-60-32(36(29)44-40(47)53)12-8-9-13-33(48)42-20-10-6-7-11-21-43-34(49)19-16-27-23-46(39(52)45-37(27)50)35-22-30(56-4)31(58-35)24-57-59(5,54)55/h14-19,23,29-32,35-36H,6-13,20-22,24-25H2,1-5H3,(H,42,48)(H,43,49)(H,44,53)(H,54,55)(H,45,50,52)/b19-16+/t29?,30-,31-,32?,35-,36?/m1/s1. The maximum absolute atomic E-state index is 13.3. The van der Waals surface area contributed by atoms with Crippen molar-refractivity contribution in [2.24, 2.45) is 0 Å². The van der Waals surface area contributed by atoms with E-state index in [0.29, 0.717) is 30.8 Å². The number of thioether (sulfide) groups is 1. The molecule has 5 rings (SSSR count). The minimum atomic E-state index is -3.76. The summed E-state index contributed by atoms with van der Waals surface area (Å²) >= 11 is 1.77. The zero-order valence-corrected chi connectivity index (χ0v) is 36.7. The van der Waals surface area contributed by atoms with Gasteiger partial charge in [0.2, 0.25) is 11.8 Å². The van der Waals surface area contributed by atoms with Crippen molar-refractivity contribution in [3.63, 3.8) is 0 Å². The van der Waals surface area contributed by atoms with Crippen LogP contribution in [0.25, 0.3) is 6.08 Å². The van der Waals surface area contributed by atoms with E-state index in [9.17, 15) is 38.2 Å². The van der Waals surface area contributed by atoms with Crippen LogP contribution in [0.1, 0.15) is 106 Å². The second kappa shape index (κ2) is 21.1. The number of hydrogen-bond acceptors (Lipinski definition) is 11. The molecule has 3 aliphatic rings. The molecule has 7 atom stereocenters. The first kappa shape index (κ1) is 47.0. The molecule has 17 nitrogen and oxygen atoms in total. The van der Waals surface area contributed by atoms with Gasteiger partial charge in [-0.2, -0.15) is 11.8 Å². The number of benzene rings is 1. The number of carbonyl (C=O) groups excluding carboxylic acids is 4. The summed E-state index contributed by atoms with van der Waals surface area (Å²) in [5.41, 5.74) is 0.260. The fourth-order valence-electron chi connectivity index (χ4n) is 7.52. The number of methoxy groups -OCH3 is 1. The van der Waals surface area contributed by atoms with E-state index in [-0.39, 0.29) is 59.2 Å². The number of rotatable bonds is 20. The number of nitrogens with zero attached hydrogens (tertiary/aromatic N) is 2. The molecule has 1 aromatic carbocycles. The van der Waals surface area contributed by atoms with E-state index in [1.54, 1.807) is 23.9 Å². The van der Waals surface area contributed by atoms with Crippen LogP contribution >= 0.6 is 19.4 Å². The molecule has 4 unspecified atom stereocenters. The predicted molar refractivity (Wildman–Crippen MR) is 228 cm³/mol. The van der Waals surface area contributed by atoms with Crippen LogP contribution in [-0.2, 0) is 33.6 Å². The van der Waals surface area contributed by atoms with E-state index in [1.165, 1.54) is 34.9 Å². The molecule has 0 saturated carbocycles. The van der Waals surface area contributed by atoms with Crippen molar-refractivity contribution in [3.05, 3.63) is 74.1 Å². The molecule has 2 aromatic rings. The van der Waals surface area contributed by atoms with Crippen LogP contribution in [0.15, 0.2) is 46.1 Å². The van der Waals surface area contributed by atoms with Crippen molar-refractivity contribution in [3.8, 4) is 0 Å². The molecule has 60 heavy (non-hydrogen) atoms. The van der Waals surface area contributed by atoms with Gasteiger partial charge in [0.25, 0.3) is 11.5 Å². The topological polar surface area (TPSA) is 227 Å². The molecular formula is C41H59N6O11PS. The van der Waals surface area contributed by atoms with E-state index in [2.05, 4.69) is 41.7 Å². The number of H-pyrrole nitrogens is 1. The van der Waals surface area contributed by atoms with Gasteiger partial charge in [-0.1, -0.05) is 52.2 Å². The van der Waals surface area contributed by atoms with E-state index in [4.69, 9.17) is 14.0 Å². The lowest BCUT2D eigenvalue weighted by Gasteiger charge is -2.22. The molecule has 330 valence electrons. The summed E-state index contributed by atoms with van der Waals surface area (Å²) in [6, 6.07) is 6.88. The van der Waals surface area contributed by atoms with Gasteiger partial charge in [-0.25, -0.2) is 9.59 Å². The Balaban J connectivity index is 0.920. The minimum absolute atomic E-state index is 0.00418. The second-order valence-electron chi connectivity index (χ2n) is 16.5. The third-order valence-corrected chi connectivity index (χ3v) is 13.0.